The van der Waals surface area contributed by atoms with Gasteiger partial charge in [-0.1, -0.05) is 13.8 Å². The van der Waals surface area contributed by atoms with Crippen molar-refractivity contribution in [2.45, 2.75) is 71.0 Å². The molecule has 4 fully saturated rings. The Morgan fingerprint density at radius 3 is 2.68 bits per heavy atom. The van der Waals surface area contributed by atoms with Gasteiger partial charge in [0.05, 0.1) is 37.4 Å². The molecule has 1 N–H and O–H groups in total. The second kappa shape index (κ2) is 7.38. The molecular formula is C23H35NO4. The van der Waals surface area contributed by atoms with E-state index in [1.807, 2.05) is 0 Å². The number of ether oxygens (including phenoxy) is 2. The monoisotopic (exact) mass is 389 g/mol. The van der Waals surface area contributed by atoms with Crippen LogP contribution in [0.1, 0.15) is 58.8 Å². The summed E-state index contributed by atoms with van der Waals surface area (Å²) in [5.41, 5.74) is -0.248. The zero-order chi connectivity index (χ0) is 20.1. The number of ketones is 1. The first-order chi connectivity index (χ1) is 13.3. The molecule has 0 amide bonds. The van der Waals surface area contributed by atoms with E-state index in [1.54, 1.807) is 7.11 Å². The van der Waals surface area contributed by atoms with E-state index in [0.29, 0.717) is 43.2 Å². The number of nitrogens with zero attached hydrogens (tertiary/aromatic N) is 1. The Bertz CT molecular complexity index is 659. The number of Topliss-reactive ketones (excluding diaryl/α,β-unsaturated/α-hetero) is 1. The summed E-state index contributed by atoms with van der Waals surface area (Å²) in [6.07, 6.45) is 5.53. The van der Waals surface area contributed by atoms with E-state index in [2.05, 4.69) is 19.9 Å². The standard InChI is InChI=1S/C23H35NO4/c1-22-11-19(26)21-16(17(22)7-5-15(22)13-24)6-4-14-10-18(25)20(12-23(14,21)2)28-9-8-27-3/h14-18,20-21,25H,4-12H2,1-3H3. The molecule has 0 radical (unpaired) electrons. The summed E-state index contributed by atoms with van der Waals surface area (Å²) in [5, 5.41) is 20.3. The summed E-state index contributed by atoms with van der Waals surface area (Å²) in [7, 11) is 1.65. The predicted octanol–water partition coefficient (Wildman–Crippen LogP) is 3.35. The fraction of sp³-hybridized carbons (Fsp3) is 0.913. The van der Waals surface area contributed by atoms with Crippen LogP contribution in [0, 0.1) is 51.8 Å². The van der Waals surface area contributed by atoms with Crippen LogP contribution in [0.5, 0.6) is 0 Å². The lowest BCUT2D eigenvalue weighted by Gasteiger charge is -2.60. The molecule has 4 aliphatic carbocycles. The van der Waals surface area contributed by atoms with Gasteiger partial charge in [-0.25, -0.2) is 0 Å². The van der Waals surface area contributed by atoms with Crippen molar-refractivity contribution >= 4 is 5.78 Å². The lowest BCUT2D eigenvalue weighted by Crippen LogP contribution is -2.60. The van der Waals surface area contributed by atoms with Crippen LogP contribution >= 0.6 is 0 Å². The minimum absolute atomic E-state index is 0.0197. The molecule has 156 valence electrons. The Balaban J connectivity index is 1.60. The Morgan fingerprint density at radius 2 is 1.96 bits per heavy atom. The first-order valence-corrected chi connectivity index (χ1v) is 11.1. The number of carbonyl (C=O) groups excluding carboxylic acids is 1. The van der Waals surface area contributed by atoms with Crippen LogP contribution in [0.25, 0.3) is 0 Å². The highest BCUT2D eigenvalue weighted by molar-refractivity contribution is 5.84. The molecule has 0 aromatic heterocycles. The maximum absolute atomic E-state index is 13.5. The van der Waals surface area contributed by atoms with Gasteiger partial charge in [-0.15, -0.1) is 0 Å². The van der Waals surface area contributed by atoms with Gasteiger partial charge in [0.2, 0.25) is 0 Å². The Hall–Kier alpha value is -0.960. The van der Waals surface area contributed by atoms with Crippen LogP contribution < -0.4 is 0 Å². The van der Waals surface area contributed by atoms with Crippen LogP contribution in [0.2, 0.25) is 0 Å². The summed E-state index contributed by atoms with van der Waals surface area (Å²) in [5.74, 6) is 1.70. The zero-order valence-corrected chi connectivity index (χ0v) is 17.5. The highest BCUT2D eigenvalue weighted by Gasteiger charge is 2.64. The molecule has 5 nitrogen and oxygen atoms in total. The van der Waals surface area contributed by atoms with Gasteiger partial charge in [-0.05, 0) is 67.1 Å². The van der Waals surface area contributed by atoms with Gasteiger partial charge < -0.3 is 14.6 Å². The number of hydrogen-bond donors (Lipinski definition) is 1. The lowest BCUT2D eigenvalue weighted by molar-refractivity contribution is -0.180. The molecule has 4 rings (SSSR count). The van der Waals surface area contributed by atoms with Gasteiger partial charge in [0.25, 0.3) is 0 Å². The van der Waals surface area contributed by atoms with Crippen molar-refractivity contribution in [2.75, 3.05) is 20.3 Å². The Kier molecular flexibility index (Phi) is 5.35. The van der Waals surface area contributed by atoms with Crippen molar-refractivity contribution in [3.05, 3.63) is 0 Å². The molecule has 0 spiro atoms. The molecule has 9 atom stereocenters. The molecule has 0 heterocycles. The molecule has 5 heteroatoms. The minimum Gasteiger partial charge on any atom is -0.390 e. The molecule has 4 saturated carbocycles. The van der Waals surface area contributed by atoms with Crippen LogP contribution in [0.3, 0.4) is 0 Å². The number of hydrogen-bond acceptors (Lipinski definition) is 5. The molecule has 0 aromatic rings. The fourth-order valence-electron chi connectivity index (χ4n) is 7.74. The van der Waals surface area contributed by atoms with E-state index in [9.17, 15) is 15.2 Å². The third kappa shape index (κ3) is 2.95. The average Bonchev–Trinajstić information content (AvgIpc) is 2.98. The molecule has 0 bridgehead atoms. The van der Waals surface area contributed by atoms with Gasteiger partial charge in [-0.3, -0.25) is 4.79 Å². The molecule has 9 unspecified atom stereocenters. The lowest BCUT2D eigenvalue weighted by atomic mass is 9.44. The predicted molar refractivity (Wildman–Crippen MR) is 104 cm³/mol. The quantitative estimate of drug-likeness (QED) is 0.746. The summed E-state index contributed by atoms with van der Waals surface area (Å²) < 4.78 is 11.1. The number of fused-ring (bicyclic) bond motifs is 5. The third-order valence-corrected chi connectivity index (χ3v) is 9.12. The van der Waals surface area contributed by atoms with Crippen LogP contribution in [-0.2, 0) is 14.3 Å². The normalized spacial score (nSPS) is 50.4. The van der Waals surface area contributed by atoms with Crippen molar-refractivity contribution in [1.29, 1.82) is 5.26 Å². The van der Waals surface area contributed by atoms with Gasteiger partial charge in [0, 0.05) is 19.4 Å². The van der Waals surface area contributed by atoms with Gasteiger partial charge in [0.1, 0.15) is 5.78 Å². The SMILES string of the molecule is COCCOC1CC2(C)C(CCC3C4CCC(C#N)C4(C)CC(=O)C32)CC1O. The largest absolute Gasteiger partial charge is 0.390 e. The van der Waals surface area contributed by atoms with E-state index < -0.39 is 6.10 Å². The van der Waals surface area contributed by atoms with Crippen molar-refractivity contribution in [3.63, 3.8) is 0 Å². The number of nitriles is 1. The molecule has 4 aliphatic rings. The van der Waals surface area contributed by atoms with Crippen molar-refractivity contribution < 1.29 is 19.4 Å². The van der Waals surface area contributed by atoms with Crippen LogP contribution in [0.4, 0.5) is 0 Å². The highest BCUT2D eigenvalue weighted by Crippen LogP contribution is 2.66. The van der Waals surface area contributed by atoms with Crippen LogP contribution in [-0.4, -0.2) is 43.4 Å². The number of aliphatic hydroxyl groups excluding tert-OH is 1. The number of carbonyl (C=O) groups is 1. The van der Waals surface area contributed by atoms with Crippen molar-refractivity contribution in [1.82, 2.24) is 0 Å². The van der Waals surface area contributed by atoms with Gasteiger partial charge in [0.15, 0.2) is 0 Å². The van der Waals surface area contributed by atoms with E-state index in [-0.39, 0.29) is 28.8 Å². The number of rotatable bonds is 4. The Morgan fingerprint density at radius 1 is 1.18 bits per heavy atom. The number of methoxy groups -OCH3 is 1. The summed E-state index contributed by atoms with van der Waals surface area (Å²) in [4.78, 5) is 13.5. The van der Waals surface area contributed by atoms with Crippen molar-refractivity contribution in [2.24, 2.45) is 40.4 Å². The minimum atomic E-state index is -0.454. The maximum atomic E-state index is 13.5. The summed E-state index contributed by atoms with van der Waals surface area (Å²) in [6.45, 7) is 5.47. The maximum Gasteiger partial charge on any atom is 0.137 e. The summed E-state index contributed by atoms with van der Waals surface area (Å²) in [6, 6.07) is 2.51. The topological polar surface area (TPSA) is 79.5 Å². The van der Waals surface area contributed by atoms with Gasteiger partial charge >= 0.3 is 0 Å². The van der Waals surface area contributed by atoms with E-state index in [4.69, 9.17) is 9.47 Å². The summed E-state index contributed by atoms with van der Waals surface area (Å²) >= 11 is 0. The first kappa shape index (κ1) is 20.3. The zero-order valence-electron chi connectivity index (χ0n) is 17.5. The second-order valence-corrected chi connectivity index (χ2v) is 10.3. The second-order valence-electron chi connectivity index (χ2n) is 10.3. The van der Waals surface area contributed by atoms with E-state index in [1.165, 1.54) is 0 Å². The molecule has 0 aromatic carbocycles. The van der Waals surface area contributed by atoms with E-state index >= 15 is 0 Å². The average molecular weight is 390 g/mol. The molecule has 0 saturated heterocycles. The van der Waals surface area contributed by atoms with Gasteiger partial charge in [-0.2, -0.15) is 5.26 Å². The third-order valence-electron chi connectivity index (χ3n) is 9.12. The van der Waals surface area contributed by atoms with Crippen molar-refractivity contribution in [3.8, 4) is 6.07 Å². The number of aliphatic hydroxyl groups is 1. The highest BCUT2D eigenvalue weighted by atomic mass is 16.5. The van der Waals surface area contributed by atoms with Crippen LogP contribution in [0.15, 0.2) is 0 Å². The molecular weight excluding hydrogens is 354 g/mol. The van der Waals surface area contributed by atoms with E-state index in [0.717, 1.165) is 38.5 Å². The Labute approximate surface area is 168 Å². The smallest absolute Gasteiger partial charge is 0.137 e. The first-order valence-electron chi connectivity index (χ1n) is 11.1. The molecule has 28 heavy (non-hydrogen) atoms. The fourth-order valence-corrected chi connectivity index (χ4v) is 7.74. The molecule has 0 aliphatic heterocycles.